The number of nitrogens with one attached hydrogen (secondary N) is 1. The number of rotatable bonds is 2. The number of phenols is 1. The zero-order chi connectivity index (χ0) is 14.0. The Morgan fingerprint density at radius 1 is 1.53 bits per heavy atom. The smallest absolute Gasteiger partial charge is 0.251 e. The maximum Gasteiger partial charge on any atom is 0.251 e. The van der Waals surface area contributed by atoms with Crippen LogP contribution in [0.25, 0.3) is 10.9 Å². The Morgan fingerprint density at radius 3 is 2.84 bits per heavy atom. The maximum absolute atomic E-state index is 11.8. The molecule has 0 spiro atoms. The monoisotopic (exact) mass is 257 g/mol. The first-order valence-electron chi connectivity index (χ1n) is 5.51. The van der Waals surface area contributed by atoms with Crippen molar-refractivity contribution < 1.29 is 15.0 Å². The van der Waals surface area contributed by atoms with Crippen LogP contribution in [0.5, 0.6) is 5.75 Å². The van der Waals surface area contributed by atoms with Crippen molar-refractivity contribution in [3.63, 3.8) is 0 Å². The van der Waals surface area contributed by atoms with Gasteiger partial charge in [-0.25, -0.2) is 4.98 Å². The molecule has 0 aliphatic rings. The highest BCUT2D eigenvalue weighted by atomic mass is 16.3. The summed E-state index contributed by atoms with van der Waals surface area (Å²) >= 11 is 0. The second-order valence-electron chi connectivity index (χ2n) is 3.86. The summed E-state index contributed by atoms with van der Waals surface area (Å²) in [4.78, 5) is 15.8. The summed E-state index contributed by atoms with van der Waals surface area (Å²) in [6, 6.07) is 6.14. The third-order valence-corrected chi connectivity index (χ3v) is 2.81. The summed E-state index contributed by atoms with van der Waals surface area (Å²) < 4.78 is 0. The van der Waals surface area contributed by atoms with Crippen LogP contribution in [-0.2, 0) is 6.61 Å². The molecule has 0 atom stereocenters. The quantitative estimate of drug-likeness (QED) is 0.732. The zero-order valence-electron chi connectivity index (χ0n) is 10.1. The standard InChI is InChI=1S/C13H11N3O3/c1-15-13(19)9-4-7(5-14)16-12-8(9)2-3-11(18)10(12)6-17/h2-4,17-18H,6H2,1H3,(H,15,19). The number of aromatic nitrogens is 1. The van der Waals surface area contributed by atoms with Crippen molar-refractivity contribution in [2.45, 2.75) is 6.61 Å². The van der Waals surface area contributed by atoms with Crippen LogP contribution >= 0.6 is 0 Å². The van der Waals surface area contributed by atoms with E-state index in [1.54, 1.807) is 0 Å². The summed E-state index contributed by atoms with van der Waals surface area (Å²) in [5.41, 5.74) is 0.769. The van der Waals surface area contributed by atoms with Gasteiger partial charge in [0.25, 0.3) is 5.91 Å². The molecule has 19 heavy (non-hydrogen) atoms. The van der Waals surface area contributed by atoms with Gasteiger partial charge in [0.05, 0.1) is 17.7 Å². The zero-order valence-corrected chi connectivity index (χ0v) is 10.1. The number of hydrogen-bond donors (Lipinski definition) is 3. The second kappa shape index (κ2) is 4.92. The molecule has 0 aliphatic carbocycles. The van der Waals surface area contributed by atoms with Gasteiger partial charge in [0.15, 0.2) is 0 Å². The first kappa shape index (κ1) is 12.8. The van der Waals surface area contributed by atoms with Crippen LogP contribution in [0, 0.1) is 11.3 Å². The van der Waals surface area contributed by atoms with Crippen molar-refractivity contribution in [2.24, 2.45) is 0 Å². The predicted octanol–water partition coefficient (Wildman–Crippen LogP) is 0.664. The third kappa shape index (κ3) is 2.07. The van der Waals surface area contributed by atoms with E-state index in [0.717, 1.165) is 0 Å². The molecule has 6 nitrogen and oxygen atoms in total. The van der Waals surface area contributed by atoms with Gasteiger partial charge in [0, 0.05) is 18.0 Å². The molecule has 0 aliphatic heterocycles. The Bertz CT molecular complexity index is 704. The number of benzene rings is 1. The van der Waals surface area contributed by atoms with Crippen molar-refractivity contribution >= 4 is 16.8 Å². The van der Waals surface area contributed by atoms with Crippen LogP contribution < -0.4 is 5.32 Å². The first-order valence-corrected chi connectivity index (χ1v) is 5.51. The molecule has 0 saturated heterocycles. The average Bonchev–Trinajstić information content (AvgIpc) is 2.44. The largest absolute Gasteiger partial charge is 0.508 e. The lowest BCUT2D eigenvalue weighted by Crippen LogP contribution is -2.18. The van der Waals surface area contributed by atoms with Gasteiger partial charge in [0.2, 0.25) is 0 Å². The van der Waals surface area contributed by atoms with Crippen molar-refractivity contribution in [3.8, 4) is 11.8 Å². The van der Waals surface area contributed by atoms with Gasteiger partial charge in [-0.05, 0) is 18.2 Å². The lowest BCUT2D eigenvalue weighted by atomic mass is 10.0. The molecule has 0 bridgehead atoms. The molecule has 0 radical (unpaired) electrons. The lowest BCUT2D eigenvalue weighted by molar-refractivity contribution is 0.0964. The summed E-state index contributed by atoms with van der Waals surface area (Å²) in [5.74, 6) is -0.487. The number of aliphatic hydroxyl groups is 1. The van der Waals surface area contributed by atoms with Gasteiger partial charge < -0.3 is 15.5 Å². The minimum atomic E-state index is -0.432. The summed E-state index contributed by atoms with van der Waals surface area (Å²) in [7, 11) is 1.48. The number of nitriles is 1. The van der Waals surface area contributed by atoms with E-state index >= 15 is 0 Å². The van der Waals surface area contributed by atoms with E-state index in [1.165, 1.54) is 25.2 Å². The molecular weight excluding hydrogens is 246 g/mol. The molecular formula is C13H11N3O3. The van der Waals surface area contributed by atoms with E-state index in [2.05, 4.69) is 10.3 Å². The maximum atomic E-state index is 11.8. The molecule has 96 valence electrons. The highest BCUT2D eigenvalue weighted by Crippen LogP contribution is 2.28. The van der Waals surface area contributed by atoms with E-state index in [1.807, 2.05) is 6.07 Å². The van der Waals surface area contributed by atoms with E-state index < -0.39 is 6.61 Å². The fourth-order valence-corrected chi connectivity index (χ4v) is 1.87. The Hall–Kier alpha value is -2.65. The predicted molar refractivity (Wildman–Crippen MR) is 67.4 cm³/mol. The Morgan fingerprint density at radius 2 is 2.26 bits per heavy atom. The average molecular weight is 257 g/mol. The van der Waals surface area contributed by atoms with E-state index in [0.29, 0.717) is 5.39 Å². The van der Waals surface area contributed by atoms with Crippen molar-refractivity contribution in [1.82, 2.24) is 10.3 Å². The molecule has 1 heterocycles. The number of nitrogens with zero attached hydrogens (tertiary/aromatic N) is 2. The van der Waals surface area contributed by atoms with E-state index in [9.17, 15) is 15.0 Å². The summed E-state index contributed by atoms with van der Waals surface area (Å²) in [6.45, 7) is -0.432. The van der Waals surface area contributed by atoms with E-state index in [4.69, 9.17) is 5.26 Å². The van der Waals surface area contributed by atoms with Crippen LogP contribution in [-0.4, -0.2) is 28.2 Å². The number of carbonyl (C=O) groups excluding carboxylic acids is 1. The summed E-state index contributed by atoms with van der Waals surface area (Å²) in [6.07, 6.45) is 0. The van der Waals surface area contributed by atoms with E-state index in [-0.39, 0.29) is 34.0 Å². The molecule has 1 aromatic heterocycles. The van der Waals surface area contributed by atoms with Crippen molar-refractivity contribution in [2.75, 3.05) is 7.05 Å². The van der Waals surface area contributed by atoms with Gasteiger partial charge >= 0.3 is 0 Å². The molecule has 0 unspecified atom stereocenters. The molecule has 2 aromatic rings. The Labute approximate surface area is 108 Å². The van der Waals surface area contributed by atoms with Crippen LogP contribution in [0.1, 0.15) is 21.6 Å². The Kier molecular flexibility index (Phi) is 3.31. The molecule has 1 amide bonds. The minimum Gasteiger partial charge on any atom is -0.508 e. The van der Waals surface area contributed by atoms with Crippen LogP contribution in [0.4, 0.5) is 0 Å². The van der Waals surface area contributed by atoms with Gasteiger partial charge in [-0.15, -0.1) is 0 Å². The first-order chi connectivity index (χ1) is 9.12. The van der Waals surface area contributed by atoms with Gasteiger partial charge in [-0.2, -0.15) is 5.26 Å². The Balaban J connectivity index is 2.90. The number of amides is 1. The lowest BCUT2D eigenvalue weighted by Gasteiger charge is -2.10. The minimum absolute atomic E-state index is 0.0476. The number of hydrogen-bond acceptors (Lipinski definition) is 5. The molecule has 3 N–H and O–H groups in total. The number of pyridine rings is 1. The molecule has 6 heteroatoms. The highest BCUT2D eigenvalue weighted by Gasteiger charge is 2.16. The highest BCUT2D eigenvalue weighted by molar-refractivity contribution is 6.07. The summed E-state index contributed by atoms with van der Waals surface area (Å²) in [5, 5.41) is 30.8. The van der Waals surface area contributed by atoms with Crippen LogP contribution in [0.3, 0.4) is 0 Å². The SMILES string of the molecule is CNC(=O)c1cc(C#N)nc2c(CO)c(O)ccc12. The van der Waals surface area contributed by atoms with Crippen LogP contribution in [0.2, 0.25) is 0 Å². The topological polar surface area (TPSA) is 106 Å². The number of aromatic hydroxyl groups is 1. The number of fused-ring (bicyclic) bond motifs is 1. The molecule has 1 aromatic carbocycles. The third-order valence-electron chi connectivity index (χ3n) is 2.81. The fraction of sp³-hybridized carbons (Fsp3) is 0.154. The van der Waals surface area contributed by atoms with Gasteiger partial charge in [-0.3, -0.25) is 4.79 Å². The van der Waals surface area contributed by atoms with Gasteiger partial charge in [0.1, 0.15) is 17.5 Å². The molecule has 0 fully saturated rings. The van der Waals surface area contributed by atoms with Crippen molar-refractivity contribution in [1.29, 1.82) is 5.26 Å². The normalized spacial score (nSPS) is 10.2. The van der Waals surface area contributed by atoms with Gasteiger partial charge in [-0.1, -0.05) is 0 Å². The van der Waals surface area contributed by atoms with Crippen molar-refractivity contribution in [3.05, 3.63) is 35.0 Å². The molecule has 0 saturated carbocycles. The van der Waals surface area contributed by atoms with Crippen LogP contribution in [0.15, 0.2) is 18.2 Å². The second-order valence-corrected chi connectivity index (χ2v) is 3.86. The molecule has 2 rings (SSSR count). The number of carbonyl (C=O) groups is 1. The number of aliphatic hydroxyl groups excluding tert-OH is 1. The fourth-order valence-electron chi connectivity index (χ4n) is 1.87.